The van der Waals surface area contributed by atoms with Crippen molar-refractivity contribution in [3.63, 3.8) is 0 Å². The lowest BCUT2D eigenvalue weighted by molar-refractivity contribution is -0.130. The Bertz CT molecular complexity index is 773. The van der Waals surface area contributed by atoms with E-state index >= 15 is 0 Å². The molecule has 0 spiro atoms. The van der Waals surface area contributed by atoms with Gasteiger partial charge in [0.1, 0.15) is 0 Å². The summed E-state index contributed by atoms with van der Waals surface area (Å²) < 4.78 is 4.96. The number of anilines is 1. The number of amides is 1. The number of ketones is 1. The highest BCUT2D eigenvalue weighted by atomic mass is 79.9. The zero-order chi connectivity index (χ0) is 19.3. The molecule has 0 aromatic heterocycles. The van der Waals surface area contributed by atoms with Gasteiger partial charge in [0, 0.05) is 11.1 Å². The minimum absolute atomic E-state index is 0.113. The minimum Gasteiger partial charge on any atom is -0.462 e. The van der Waals surface area contributed by atoms with Crippen molar-refractivity contribution < 1.29 is 19.1 Å². The Kier molecular flexibility index (Phi) is 4.54. The Labute approximate surface area is 162 Å². The van der Waals surface area contributed by atoms with Gasteiger partial charge in [0.05, 0.1) is 22.4 Å². The molecule has 0 unspecified atom stereocenters. The molecule has 0 aliphatic heterocycles. The maximum absolute atomic E-state index is 13.2. The first-order valence-electron chi connectivity index (χ1n) is 8.89. The van der Waals surface area contributed by atoms with Crippen LogP contribution in [-0.2, 0) is 14.3 Å². The smallest absolute Gasteiger partial charge is 0.338 e. The molecule has 6 heteroatoms. The number of hydrogen-bond acceptors (Lipinski definition) is 4. The van der Waals surface area contributed by atoms with Gasteiger partial charge in [-0.25, -0.2) is 4.79 Å². The van der Waals surface area contributed by atoms with Gasteiger partial charge in [-0.15, -0.1) is 0 Å². The number of fused-ring (bicyclic) bond motifs is 2. The summed E-state index contributed by atoms with van der Waals surface area (Å²) in [5, 5.41) is 2.95. The van der Waals surface area contributed by atoms with Crippen LogP contribution < -0.4 is 5.32 Å². The lowest BCUT2D eigenvalue weighted by Gasteiger charge is -2.39. The zero-order valence-electron chi connectivity index (χ0n) is 15.5. The molecule has 3 rings (SSSR count). The Morgan fingerprint density at radius 3 is 2.31 bits per heavy atom. The fraction of sp³-hybridized carbons (Fsp3) is 0.550. The molecular weight excluding hydrogens is 398 g/mol. The van der Waals surface area contributed by atoms with E-state index in [9.17, 15) is 14.4 Å². The van der Waals surface area contributed by atoms with Gasteiger partial charge < -0.3 is 10.1 Å². The Morgan fingerprint density at radius 1 is 1.19 bits per heavy atom. The van der Waals surface area contributed by atoms with E-state index in [1.54, 1.807) is 31.2 Å². The summed E-state index contributed by atoms with van der Waals surface area (Å²) in [5.41, 5.74) is -0.683. The summed E-state index contributed by atoms with van der Waals surface area (Å²) in [5.74, 6) is -0.428. The molecule has 2 fully saturated rings. The van der Waals surface area contributed by atoms with Crippen molar-refractivity contribution in [3.8, 4) is 0 Å². The number of nitrogens with one attached hydrogen (secondary N) is 1. The van der Waals surface area contributed by atoms with E-state index in [0.29, 0.717) is 24.3 Å². The highest BCUT2D eigenvalue weighted by molar-refractivity contribution is 9.10. The molecule has 3 atom stereocenters. The van der Waals surface area contributed by atoms with E-state index in [4.69, 9.17) is 4.74 Å². The quantitative estimate of drug-likeness (QED) is 0.589. The molecular formula is C20H24BrNO4. The third kappa shape index (κ3) is 2.30. The van der Waals surface area contributed by atoms with Crippen LogP contribution in [-0.4, -0.2) is 29.1 Å². The number of alkyl halides is 1. The molecule has 2 saturated carbocycles. The van der Waals surface area contributed by atoms with E-state index in [1.807, 2.05) is 20.8 Å². The number of Topliss-reactive ketones (excluding diaryl/α,β-unsaturated/α-hetero) is 1. The van der Waals surface area contributed by atoms with Gasteiger partial charge in [-0.2, -0.15) is 0 Å². The van der Waals surface area contributed by atoms with Gasteiger partial charge in [-0.1, -0.05) is 36.7 Å². The molecule has 0 saturated heterocycles. The lowest BCUT2D eigenvalue weighted by Crippen LogP contribution is -2.47. The molecule has 0 heterocycles. The predicted molar refractivity (Wildman–Crippen MR) is 102 cm³/mol. The molecule has 1 amide bonds. The predicted octanol–water partition coefficient (Wildman–Crippen LogP) is 3.96. The normalized spacial score (nSPS) is 31.7. The van der Waals surface area contributed by atoms with E-state index < -0.39 is 27.0 Å². The highest BCUT2D eigenvalue weighted by Gasteiger charge is 2.76. The molecule has 2 aliphatic carbocycles. The Balaban J connectivity index is 1.84. The molecule has 0 radical (unpaired) electrons. The molecule has 140 valence electrons. The molecule has 26 heavy (non-hydrogen) atoms. The SMILES string of the molecule is CCOC(=O)c1ccc(NC(=O)[C@@]23CC[C@](C)(C(=O)[C@@H]2Br)C3(C)C)cc1. The van der Waals surface area contributed by atoms with Crippen molar-refractivity contribution in [3.05, 3.63) is 29.8 Å². The monoisotopic (exact) mass is 421 g/mol. The zero-order valence-corrected chi connectivity index (χ0v) is 17.1. The maximum Gasteiger partial charge on any atom is 0.338 e. The van der Waals surface area contributed by atoms with Crippen LogP contribution in [0.25, 0.3) is 0 Å². The van der Waals surface area contributed by atoms with Crippen LogP contribution in [0.4, 0.5) is 5.69 Å². The van der Waals surface area contributed by atoms with Crippen molar-refractivity contribution in [2.24, 2.45) is 16.2 Å². The van der Waals surface area contributed by atoms with Crippen LogP contribution in [0.2, 0.25) is 0 Å². The first-order chi connectivity index (χ1) is 12.1. The summed E-state index contributed by atoms with van der Waals surface area (Å²) in [6.07, 6.45) is 1.39. The number of carbonyl (C=O) groups excluding carboxylic acids is 3. The van der Waals surface area contributed by atoms with Gasteiger partial charge in [0.2, 0.25) is 5.91 Å². The second-order valence-electron chi connectivity index (χ2n) is 7.91. The number of benzene rings is 1. The number of esters is 1. The van der Waals surface area contributed by atoms with Crippen molar-refractivity contribution in [2.45, 2.75) is 45.4 Å². The minimum atomic E-state index is -0.779. The summed E-state index contributed by atoms with van der Waals surface area (Å²) >= 11 is 3.52. The van der Waals surface area contributed by atoms with Gasteiger partial charge >= 0.3 is 5.97 Å². The fourth-order valence-corrected chi connectivity index (χ4v) is 6.12. The highest BCUT2D eigenvalue weighted by Crippen LogP contribution is 2.72. The lowest BCUT2D eigenvalue weighted by atomic mass is 9.64. The fourth-order valence-electron chi connectivity index (χ4n) is 4.60. The number of halogens is 1. The molecule has 1 aromatic rings. The molecule has 5 nitrogen and oxygen atoms in total. The van der Waals surface area contributed by atoms with Crippen molar-refractivity contribution in [2.75, 3.05) is 11.9 Å². The Hall–Kier alpha value is -1.69. The van der Waals surface area contributed by atoms with E-state index in [1.165, 1.54) is 0 Å². The number of carbonyl (C=O) groups is 3. The van der Waals surface area contributed by atoms with E-state index in [-0.39, 0.29) is 11.7 Å². The van der Waals surface area contributed by atoms with Crippen LogP contribution >= 0.6 is 15.9 Å². The maximum atomic E-state index is 13.2. The number of hydrogen-bond donors (Lipinski definition) is 1. The summed E-state index contributed by atoms with van der Waals surface area (Å²) in [6.45, 7) is 8.07. The van der Waals surface area contributed by atoms with Gasteiger partial charge in [0.15, 0.2) is 5.78 Å². The second kappa shape index (κ2) is 6.19. The first-order valence-corrected chi connectivity index (χ1v) is 9.80. The van der Waals surface area contributed by atoms with Crippen LogP contribution in [0.1, 0.15) is 50.9 Å². The van der Waals surface area contributed by atoms with Crippen LogP contribution in [0.3, 0.4) is 0 Å². The standard InChI is InChI=1S/C20H24BrNO4/c1-5-26-16(24)12-6-8-13(9-7-12)22-17(25)20-11-10-19(4,18(20,2)3)15(23)14(20)21/h6-9,14H,5,10-11H2,1-4H3,(H,22,25)/t14-,19+,20+/m0/s1. The van der Waals surface area contributed by atoms with Gasteiger partial charge in [-0.05, 0) is 49.4 Å². The van der Waals surface area contributed by atoms with Crippen LogP contribution in [0.5, 0.6) is 0 Å². The average molecular weight is 422 g/mol. The van der Waals surface area contributed by atoms with Crippen molar-refractivity contribution in [1.29, 1.82) is 0 Å². The van der Waals surface area contributed by atoms with E-state index in [2.05, 4.69) is 21.2 Å². The molecule has 1 aromatic carbocycles. The third-order valence-electron chi connectivity index (χ3n) is 6.78. The average Bonchev–Trinajstić information content (AvgIpc) is 2.87. The van der Waals surface area contributed by atoms with Gasteiger partial charge in [-0.3, -0.25) is 9.59 Å². The largest absolute Gasteiger partial charge is 0.462 e. The number of rotatable bonds is 4. The number of ether oxygens (including phenoxy) is 1. The summed E-state index contributed by atoms with van der Waals surface area (Å²) in [4.78, 5) is 37.3. The van der Waals surface area contributed by atoms with E-state index in [0.717, 1.165) is 6.42 Å². The Morgan fingerprint density at radius 2 is 1.81 bits per heavy atom. The second-order valence-corrected chi connectivity index (χ2v) is 8.82. The molecule has 2 aliphatic rings. The topological polar surface area (TPSA) is 72.5 Å². The van der Waals surface area contributed by atoms with Crippen molar-refractivity contribution >= 4 is 39.3 Å². The first kappa shape index (κ1) is 19.1. The van der Waals surface area contributed by atoms with Gasteiger partial charge in [0.25, 0.3) is 0 Å². The van der Waals surface area contributed by atoms with Crippen LogP contribution in [0.15, 0.2) is 24.3 Å². The third-order valence-corrected chi connectivity index (χ3v) is 7.98. The molecule has 1 N–H and O–H groups in total. The summed E-state index contributed by atoms with van der Waals surface area (Å²) in [7, 11) is 0. The summed E-state index contributed by atoms with van der Waals surface area (Å²) in [6, 6.07) is 6.62. The van der Waals surface area contributed by atoms with Crippen LogP contribution in [0, 0.1) is 16.2 Å². The molecule has 2 bridgehead atoms. The van der Waals surface area contributed by atoms with Crippen molar-refractivity contribution in [1.82, 2.24) is 0 Å².